The largest absolute Gasteiger partial charge is 0.468 e. The van der Waals surface area contributed by atoms with Gasteiger partial charge in [0.05, 0.1) is 13.0 Å². The lowest BCUT2D eigenvalue weighted by molar-refractivity contribution is 0.0644. The Balaban J connectivity index is 1.78. The molecule has 1 aromatic rings. The van der Waals surface area contributed by atoms with Gasteiger partial charge in [-0.15, -0.1) is 0 Å². The van der Waals surface area contributed by atoms with E-state index in [-0.39, 0.29) is 24.7 Å². The average molecular weight is 446 g/mol. The zero-order valence-electron chi connectivity index (χ0n) is 18.8. The Morgan fingerprint density at radius 3 is 3.17 bits per heavy atom. The number of rotatable bonds is 9. The van der Waals surface area contributed by atoms with Crippen molar-refractivity contribution >= 4 is 28.3 Å². The van der Waals surface area contributed by atoms with Gasteiger partial charge in [-0.05, 0) is 47.6 Å². The van der Waals surface area contributed by atoms with Crippen molar-refractivity contribution in [3.63, 3.8) is 0 Å². The van der Waals surface area contributed by atoms with Gasteiger partial charge in [-0.25, -0.2) is 9.46 Å². The highest BCUT2D eigenvalue weighted by Crippen LogP contribution is 2.51. The fourth-order valence-corrected chi connectivity index (χ4v) is 4.91. The number of hydrogen-bond acceptors (Lipinski definition) is 8. The van der Waals surface area contributed by atoms with Gasteiger partial charge in [-0.3, -0.25) is 14.3 Å². The summed E-state index contributed by atoms with van der Waals surface area (Å²) < 4.78 is 41.6. The summed E-state index contributed by atoms with van der Waals surface area (Å²) in [5, 5.41) is 0. The van der Waals surface area contributed by atoms with Crippen molar-refractivity contribution in [2.75, 3.05) is 25.4 Å². The number of H-pyrrole nitrogens is 1. The molecule has 0 aromatic carbocycles. The van der Waals surface area contributed by atoms with Gasteiger partial charge in [0.25, 0.3) is 5.56 Å². The van der Waals surface area contributed by atoms with Crippen molar-refractivity contribution < 1.29 is 18.0 Å². The van der Waals surface area contributed by atoms with Crippen molar-refractivity contribution in [2.45, 2.75) is 45.9 Å². The van der Waals surface area contributed by atoms with Crippen LogP contribution in [0.25, 0.3) is 0 Å². The highest BCUT2D eigenvalue weighted by Gasteiger charge is 2.36. The predicted octanol–water partition coefficient (Wildman–Crippen LogP) is 1.61. The Morgan fingerprint density at radius 1 is 1.59 bits per heavy atom. The van der Waals surface area contributed by atoms with Crippen LogP contribution in [0.4, 0.5) is 0 Å². The third kappa shape index (κ3) is 5.46. The summed E-state index contributed by atoms with van der Waals surface area (Å²) in [5.74, 6) is 0.966. The highest BCUT2D eigenvalue weighted by atomic mass is 32.2. The van der Waals surface area contributed by atoms with Gasteiger partial charge in [0.15, 0.2) is 17.7 Å². The van der Waals surface area contributed by atoms with E-state index in [0.29, 0.717) is 23.7 Å². The smallest absolute Gasteiger partial charge is 0.331 e. The van der Waals surface area contributed by atoms with Crippen molar-refractivity contribution in [3.8, 4) is 0 Å². The summed E-state index contributed by atoms with van der Waals surface area (Å²) in [6, 6.07) is 0.246. The maximum atomic E-state index is 12.3. The summed E-state index contributed by atoms with van der Waals surface area (Å²) in [4.78, 5) is 26.3. The van der Waals surface area contributed by atoms with Gasteiger partial charge in [0, 0.05) is 24.3 Å². The van der Waals surface area contributed by atoms with E-state index >= 15 is 0 Å². The maximum Gasteiger partial charge on any atom is 0.331 e. The fraction of sp³-hybridized carbons (Fsp3) is 0.647. The van der Waals surface area contributed by atoms with Crippen LogP contribution >= 0.6 is 20.6 Å². The summed E-state index contributed by atoms with van der Waals surface area (Å²) in [5.41, 5.74) is -0.404. The lowest BCUT2D eigenvalue weighted by Gasteiger charge is -2.35. The van der Waals surface area contributed by atoms with Crippen molar-refractivity contribution in [3.05, 3.63) is 44.1 Å². The third-order valence-corrected chi connectivity index (χ3v) is 6.76. The van der Waals surface area contributed by atoms with E-state index in [2.05, 4.69) is 23.5 Å². The molecule has 3 rings (SSSR count). The van der Waals surface area contributed by atoms with Crippen molar-refractivity contribution in [1.82, 2.24) is 14.2 Å². The minimum atomic E-state index is -1.32. The predicted molar refractivity (Wildman–Crippen MR) is 115 cm³/mol. The molecule has 3 heterocycles. The number of aromatic amines is 1. The lowest BCUT2D eigenvalue weighted by Crippen LogP contribution is -2.33. The normalized spacial score (nSPS) is 23.7. The molecule has 0 radical (unpaired) electrons. The van der Waals surface area contributed by atoms with Crippen molar-refractivity contribution in [1.29, 1.82) is 2.67 Å². The summed E-state index contributed by atoms with van der Waals surface area (Å²) in [7, 11) is -2.31. The SMILES string of the molecule is [2H]B([3H])CSOCC1=C(OP2OCCCN2C(C)C)CC(n2cc(C)c(=O)[nH]c2=O)O1. The zero-order chi connectivity index (χ0) is 22.5. The molecular weight excluding hydrogens is 416 g/mol. The molecule has 0 aliphatic carbocycles. The van der Waals surface area contributed by atoms with E-state index in [1.165, 1.54) is 10.8 Å². The standard InChI is InChI=1S/C17H27BN3O6PS/c1-11(2)21-5-4-6-24-28(21)27-13-7-15(26-14(13)9-25-29-10-18)20-8-12(3)16(22)19-17(20)23/h8,11,15H,4-7,9-10,18H2,1-3H3,(H,19,22,23)/i18TD. The highest BCUT2D eigenvalue weighted by molar-refractivity contribution is 7.95. The van der Waals surface area contributed by atoms with Crippen LogP contribution in [-0.4, -0.2) is 56.1 Å². The molecule has 1 aromatic heterocycles. The van der Waals surface area contributed by atoms with E-state index < -0.39 is 33.8 Å². The van der Waals surface area contributed by atoms with Crippen LogP contribution in [0.15, 0.2) is 27.3 Å². The quantitative estimate of drug-likeness (QED) is 0.265. The molecule has 1 fully saturated rings. The van der Waals surface area contributed by atoms with Gasteiger partial charge in [-0.2, -0.15) is 0 Å². The summed E-state index contributed by atoms with van der Waals surface area (Å²) in [6.45, 7) is 7.32. The van der Waals surface area contributed by atoms with E-state index in [1.54, 1.807) is 6.92 Å². The number of hydrogen-bond donors (Lipinski definition) is 1. The zero-order valence-corrected chi connectivity index (χ0v) is 18.5. The maximum absolute atomic E-state index is 12.3. The Bertz CT molecular complexity index is 915. The van der Waals surface area contributed by atoms with Crippen molar-refractivity contribution in [2.24, 2.45) is 0 Å². The minimum absolute atomic E-state index is 0.0607. The van der Waals surface area contributed by atoms with E-state index in [1.807, 2.05) is 0 Å². The second-order valence-electron chi connectivity index (χ2n) is 6.92. The summed E-state index contributed by atoms with van der Waals surface area (Å²) in [6.07, 6.45) is 1.99. The topological polar surface area (TPSA) is 95.0 Å². The molecule has 1 saturated heterocycles. The van der Waals surface area contributed by atoms with Crippen LogP contribution in [0.5, 0.6) is 0 Å². The van der Waals surface area contributed by atoms with Gasteiger partial charge in [0.1, 0.15) is 14.4 Å². The monoisotopic (exact) mass is 446 g/mol. The van der Waals surface area contributed by atoms with Crippen LogP contribution in [-0.2, 0) is 18.0 Å². The second kappa shape index (κ2) is 10.2. The van der Waals surface area contributed by atoms with E-state index in [4.69, 9.17) is 20.6 Å². The number of aryl methyl sites for hydroxylation is 1. The second-order valence-corrected chi connectivity index (χ2v) is 9.16. The average Bonchev–Trinajstić information content (AvgIpc) is 3.10. The van der Waals surface area contributed by atoms with Gasteiger partial charge in [-0.1, -0.05) is 0 Å². The van der Waals surface area contributed by atoms with Gasteiger partial charge in [0.2, 0.25) is 0 Å². The first-order chi connectivity index (χ1) is 14.8. The molecule has 2 aliphatic rings. The molecule has 0 spiro atoms. The minimum Gasteiger partial charge on any atom is -0.468 e. The fourth-order valence-electron chi connectivity index (χ4n) is 2.99. The van der Waals surface area contributed by atoms with Gasteiger partial charge >= 0.3 is 14.2 Å². The lowest BCUT2D eigenvalue weighted by atomic mass is 10.2. The molecule has 2 atom stereocenters. The van der Waals surface area contributed by atoms with Crippen LogP contribution in [0, 0.1) is 6.92 Å². The molecule has 0 saturated carbocycles. The Labute approximate surface area is 179 Å². The number of nitrogens with zero attached hydrogens (tertiary/aromatic N) is 2. The van der Waals surface area contributed by atoms with Crippen LogP contribution in [0.3, 0.4) is 0 Å². The Hall–Kier alpha value is -1.26. The molecule has 29 heavy (non-hydrogen) atoms. The molecule has 160 valence electrons. The number of nitrogens with one attached hydrogen (secondary N) is 1. The molecule has 0 amide bonds. The molecule has 12 heteroatoms. The van der Waals surface area contributed by atoms with Gasteiger partial charge < -0.3 is 18.0 Å². The molecule has 0 bridgehead atoms. The first-order valence-corrected chi connectivity index (χ1v) is 11.5. The van der Waals surface area contributed by atoms with Crippen LogP contribution in [0.1, 0.15) is 38.5 Å². The molecule has 2 aliphatic heterocycles. The Morgan fingerprint density at radius 2 is 2.41 bits per heavy atom. The first-order valence-electron chi connectivity index (χ1n) is 10.6. The van der Waals surface area contributed by atoms with E-state index in [9.17, 15) is 9.59 Å². The van der Waals surface area contributed by atoms with E-state index in [0.717, 1.165) is 25.0 Å². The third-order valence-electron chi connectivity index (χ3n) is 4.47. The Kier molecular flexibility index (Phi) is 6.91. The molecular formula is C17H27BN3O6PS. The summed E-state index contributed by atoms with van der Waals surface area (Å²) >= 11 is 1.01. The molecule has 1 N–H and O–H groups in total. The van der Waals surface area contributed by atoms with Crippen LogP contribution in [0.2, 0.25) is 0 Å². The first kappa shape index (κ1) is 19.7. The molecule has 2 unspecified atom stereocenters. The number of ether oxygens (including phenoxy) is 1. The molecule has 9 nitrogen and oxygen atoms in total. The number of aromatic nitrogens is 2. The van der Waals surface area contributed by atoms with Crippen LogP contribution < -0.4 is 11.2 Å².